The Morgan fingerprint density at radius 2 is 1.74 bits per heavy atom. The van der Waals surface area contributed by atoms with Gasteiger partial charge >= 0.3 is 6.03 Å². The molecule has 0 saturated carbocycles. The summed E-state index contributed by atoms with van der Waals surface area (Å²) < 4.78 is 0. The van der Waals surface area contributed by atoms with Gasteiger partial charge in [-0.05, 0) is 29.9 Å². The van der Waals surface area contributed by atoms with E-state index in [1.807, 2.05) is 48.5 Å². The maximum Gasteiger partial charge on any atom is 0.323 e. The number of hydrogen-bond donors (Lipinski definition) is 3. The average molecular weight is 325 g/mol. The van der Waals surface area contributed by atoms with Gasteiger partial charge in [0.1, 0.15) is 0 Å². The number of nitrogens with two attached hydrogens (primary N) is 2. The summed E-state index contributed by atoms with van der Waals surface area (Å²) in [5, 5.41) is 4.38. The maximum absolute atomic E-state index is 12.1. The molecule has 2 amide bonds. The predicted octanol–water partition coefficient (Wildman–Crippen LogP) is 2.00. The number of nitrogens with one attached hydrogen (secondary N) is 1. The Hall–Kier alpha value is -2.93. The normalized spacial score (nSPS) is 14.6. The summed E-state index contributed by atoms with van der Waals surface area (Å²) in [5.41, 5.74) is 17.6. The molecule has 6 nitrogen and oxygen atoms in total. The van der Waals surface area contributed by atoms with E-state index in [0.29, 0.717) is 12.1 Å². The Balaban J connectivity index is 2.24. The Bertz CT molecular complexity index is 818. The van der Waals surface area contributed by atoms with Crippen molar-refractivity contribution < 1.29 is 4.79 Å². The number of nitrogens with zero attached hydrogens (tertiary/aromatic N) is 2. The quantitative estimate of drug-likeness (QED) is 0.552. The van der Waals surface area contributed by atoms with Crippen molar-refractivity contribution in [2.24, 2.45) is 16.6 Å². The molecule has 0 bridgehead atoms. The molecule has 2 aromatic rings. The molecular weight excluding hydrogens is 310 g/mol. The van der Waals surface area contributed by atoms with Crippen molar-refractivity contribution in [2.45, 2.75) is 6.42 Å². The van der Waals surface area contributed by atoms with Crippen LogP contribution in [0.1, 0.15) is 11.1 Å². The second kappa shape index (κ2) is 6.05. The van der Waals surface area contributed by atoms with Crippen molar-refractivity contribution >= 4 is 40.4 Å². The summed E-state index contributed by atoms with van der Waals surface area (Å²) in [4.78, 5) is 13.6. The first kappa shape index (κ1) is 15.0. The number of amides is 2. The van der Waals surface area contributed by atoms with Crippen LogP contribution < -0.4 is 21.8 Å². The lowest BCUT2D eigenvalue weighted by Gasteiger charge is -2.22. The number of carbonyl (C=O) groups is 1. The van der Waals surface area contributed by atoms with Crippen LogP contribution in [0.15, 0.2) is 53.6 Å². The molecule has 0 atom stereocenters. The molecule has 5 N–H and O–H groups in total. The largest absolute Gasteiger partial charge is 0.375 e. The summed E-state index contributed by atoms with van der Waals surface area (Å²) in [6, 6.07) is 14.5. The number of carbonyl (C=O) groups excluding carboxylic acids is 1. The zero-order chi connectivity index (χ0) is 16.4. The molecule has 0 fully saturated rings. The van der Waals surface area contributed by atoms with Gasteiger partial charge in [0.15, 0.2) is 5.11 Å². The average Bonchev–Trinajstić information content (AvgIpc) is 2.67. The van der Waals surface area contributed by atoms with E-state index in [1.165, 1.54) is 4.90 Å². The third kappa shape index (κ3) is 2.86. The van der Waals surface area contributed by atoms with Crippen LogP contribution in [-0.4, -0.2) is 16.9 Å². The summed E-state index contributed by atoms with van der Waals surface area (Å²) in [7, 11) is 0. The van der Waals surface area contributed by atoms with E-state index in [2.05, 4.69) is 10.5 Å². The van der Waals surface area contributed by atoms with Crippen LogP contribution >= 0.6 is 12.2 Å². The summed E-state index contributed by atoms with van der Waals surface area (Å²) in [6.07, 6.45) is 0.520. The summed E-state index contributed by atoms with van der Waals surface area (Å²) in [6.45, 7) is 0. The molecule has 0 radical (unpaired) electrons. The van der Waals surface area contributed by atoms with Crippen molar-refractivity contribution in [3.8, 4) is 0 Å². The van der Waals surface area contributed by atoms with E-state index in [1.54, 1.807) is 0 Å². The molecular formula is C16H15N5OS. The molecule has 2 aromatic carbocycles. The van der Waals surface area contributed by atoms with Gasteiger partial charge in [-0.15, -0.1) is 0 Å². The fraction of sp³-hybridized carbons (Fsp3) is 0.0625. The number of hydrazone groups is 1. The molecule has 23 heavy (non-hydrogen) atoms. The minimum atomic E-state index is -0.548. The number of rotatable bonds is 1. The molecule has 0 aromatic heterocycles. The number of fused-ring (bicyclic) bond motifs is 2. The van der Waals surface area contributed by atoms with Crippen molar-refractivity contribution in [3.63, 3.8) is 0 Å². The molecule has 0 aliphatic carbocycles. The topological polar surface area (TPSA) is 96.7 Å². The van der Waals surface area contributed by atoms with Crippen molar-refractivity contribution in [1.29, 1.82) is 0 Å². The van der Waals surface area contributed by atoms with Crippen LogP contribution in [0.3, 0.4) is 0 Å². The standard InChI is InChI=1S/C16H15N5OS/c17-15(23)20-19-12-9-10-5-1-3-7-13(10)21(16(18)22)14-8-4-2-6-11(12)14/h1-8H,9H2,(H2,18,22)(H3,17,20,23)/b19-12+. The van der Waals surface area contributed by atoms with Gasteiger partial charge in [-0.25, -0.2) is 4.79 Å². The fourth-order valence-electron chi connectivity index (χ4n) is 2.66. The van der Waals surface area contributed by atoms with Crippen LogP contribution in [0.4, 0.5) is 16.2 Å². The molecule has 1 heterocycles. The highest BCUT2D eigenvalue weighted by Crippen LogP contribution is 2.35. The number of para-hydroxylation sites is 2. The summed E-state index contributed by atoms with van der Waals surface area (Å²) >= 11 is 4.81. The zero-order valence-electron chi connectivity index (χ0n) is 12.2. The van der Waals surface area contributed by atoms with Gasteiger partial charge in [-0.2, -0.15) is 5.10 Å². The third-order valence-electron chi connectivity index (χ3n) is 3.57. The smallest absolute Gasteiger partial charge is 0.323 e. The lowest BCUT2D eigenvalue weighted by molar-refractivity contribution is 0.256. The van der Waals surface area contributed by atoms with Gasteiger partial charge in [0.05, 0.1) is 17.1 Å². The first-order chi connectivity index (χ1) is 11.1. The van der Waals surface area contributed by atoms with Crippen LogP contribution in [-0.2, 0) is 6.42 Å². The van der Waals surface area contributed by atoms with E-state index in [-0.39, 0.29) is 5.11 Å². The molecule has 1 aliphatic heterocycles. The van der Waals surface area contributed by atoms with Gasteiger partial charge in [0.25, 0.3) is 0 Å². The SMILES string of the molecule is NC(=O)N1c2ccccc2C/C(=N\NC(N)=S)c2ccccc21. The molecule has 3 rings (SSSR count). The Morgan fingerprint density at radius 3 is 2.43 bits per heavy atom. The number of thiocarbonyl (C=S) groups is 1. The lowest BCUT2D eigenvalue weighted by Crippen LogP contribution is -2.32. The number of anilines is 2. The number of urea groups is 1. The Morgan fingerprint density at radius 1 is 1.09 bits per heavy atom. The van der Waals surface area contributed by atoms with Crippen LogP contribution in [0.25, 0.3) is 0 Å². The first-order valence-corrected chi connectivity index (χ1v) is 7.37. The number of primary amides is 1. The fourth-order valence-corrected chi connectivity index (χ4v) is 2.70. The molecule has 1 aliphatic rings. The van der Waals surface area contributed by atoms with Crippen molar-refractivity contribution in [2.75, 3.05) is 4.90 Å². The number of hydrogen-bond acceptors (Lipinski definition) is 3. The van der Waals surface area contributed by atoms with E-state index < -0.39 is 6.03 Å². The highest BCUT2D eigenvalue weighted by molar-refractivity contribution is 7.80. The van der Waals surface area contributed by atoms with Gasteiger partial charge in [-0.3, -0.25) is 10.3 Å². The minimum absolute atomic E-state index is 0.0827. The van der Waals surface area contributed by atoms with Gasteiger partial charge in [0.2, 0.25) is 0 Å². The zero-order valence-corrected chi connectivity index (χ0v) is 13.0. The minimum Gasteiger partial charge on any atom is -0.375 e. The van der Waals surface area contributed by atoms with Crippen molar-refractivity contribution in [1.82, 2.24) is 5.43 Å². The maximum atomic E-state index is 12.1. The monoisotopic (exact) mass is 325 g/mol. The van der Waals surface area contributed by atoms with E-state index in [0.717, 1.165) is 22.5 Å². The van der Waals surface area contributed by atoms with Gasteiger partial charge in [0, 0.05) is 12.0 Å². The van der Waals surface area contributed by atoms with Crippen LogP contribution in [0.5, 0.6) is 0 Å². The second-order valence-electron chi connectivity index (χ2n) is 5.03. The third-order valence-corrected chi connectivity index (χ3v) is 3.66. The Kier molecular flexibility index (Phi) is 3.94. The first-order valence-electron chi connectivity index (χ1n) is 6.97. The lowest BCUT2D eigenvalue weighted by atomic mass is 10.0. The Labute approximate surface area is 138 Å². The highest BCUT2D eigenvalue weighted by atomic mass is 32.1. The van der Waals surface area contributed by atoms with E-state index >= 15 is 0 Å². The van der Waals surface area contributed by atoms with Crippen LogP contribution in [0, 0.1) is 0 Å². The van der Waals surface area contributed by atoms with Crippen LogP contribution in [0.2, 0.25) is 0 Å². The molecule has 7 heteroatoms. The molecule has 0 unspecified atom stereocenters. The molecule has 116 valence electrons. The molecule has 0 saturated heterocycles. The second-order valence-corrected chi connectivity index (χ2v) is 5.47. The highest BCUT2D eigenvalue weighted by Gasteiger charge is 2.26. The van der Waals surface area contributed by atoms with Crippen molar-refractivity contribution in [3.05, 3.63) is 59.7 Å². The van der Waals surface area contributed by atoms with E-state index in [9.17, 15) is 4.79 Å². The number of benzene rings is 2. The predicted molar refractivity (Wildman–Crippen MR) is 94.8 cm³/mol. The molecule has 0 spiro atoms. The van der Waals surface area contributed by atoms with Gasteiger partial charge in [-0.1, -0.05) is 36.4 Å². The van der Waals surface area contributed by atoms with Gasteiger partial charge < -0.3 is 11.5 Å². The summed E-state index contributed by atoms with van der Waals surface area (Å²) in [5.74, 6) is 0. The van der Waals surface area contributed by atoms with E-state index in [4.69, 9.17) is 23.7 Å².